The molecule has 0 spiro atoms. The SMILES string of the molecule is CCOc1ccc(C(=O)N[C@@H](C(=O)NC[C@@H](C(C)C)N2CCOCC2)C(C)C)cc1. The maximum atomic E-state index is 12.9. The summed E-state index contributed by atoms with van der Waals surface area (Å²) < 4.78 is 10.9. The largest absolute Gasteiger partial charge is 0.494 e. The smallest absolute Gasteiger partial charge is 0.251 e. The third-order valence-corrected chi connectivity index (χ3v) is 5.43. The molecule has 2 amide bonds. The zero-order valence-electron chi connectivity index (χ0n) is 18.9. The minimum Gasteiger partial charge on any atom is -0.494 e. The van der Waals surface area contributed by atoms with E-state index in [-0.39, 0.29) is 23.8 Å². The molecule has 0 saturated carbocycles. The second-order valence-corrected chi connectivity index (χ2v) is 8.36. The van der Waals surface area contributed by atoms with Crippen LogP contribution in [0, 0.1) is 11.8 Å². The first-order chi connectivity index (χ1) is 14.3. The molecule has 168 valence electrons. The fourth-order valence-corrected chi connectivity index (χ4v) is 3.64. The van der Waals surface area contributed by atoms with Gasteiger partial charge in [0.1, 0.15) is 11.8 Å². The highest BCUT2D eigenvalue weighted by Gasteiger charge is 2.28. The lowest BCUT2D eigenvalue weighted by Crippen LogP contribution is -2.55. The monoisotopic (exact) mass is 419 g/mol. The maximum absolute atomic E-state index is 12.9. The van der Waals surface area contributed by atoms with Crippen LogP contribution in [0.25, 0.3) is 0 Å². The van der Waals surface area contributed by atoms with Crippen molar-refractivity contribution in [2.45, 2.75) is 46.7 Å². The molecule has 1 aromatic rings. The molecule has 7 nitrogen and oxygen atoms in total. The minimum atomic E-state index is -0.596. The van der Waals surface area contributed by atoms with Gasteiger partial charge in [-0.15, -0.1) is 0 Å². The van der Waals surface area contributed by atoms with Gasteiger partial charge in [0, 0.05) is 31.2 Å². The zero-order chi connectivity index (χ0) is 22.1. The summed E-state index contributed by atoms with van der Waals surface area (Å²) in [5.41, 5.74) is 0.505. The summed E-state index contributed by atoms with van der Waals surface area (Å²) in [4.78, 5) is 28.0. The van der Waals surface area contributed by atoms with Crippen molar-refractivity contribution < 1.29 is 19.1 Å². The Bertz CT molecular complexity index is 670. The van der Waals surface area contributed by atoms with Gasteiger partial charge in [0.15, 0.2) is 0 Å². The lowest BCUT2D eigenvalue weighted by Gasteiger charge is -2.37. The summed E-state index contributed by atoms with van der Waals surface area (Å²) in [7, 11) is 0. The Kier molecular flexibility index (Phi) is 9.59. The molecule has 0 aromatic heterocycles. The predicted octanol–water partition coefficient (Wildman–Crippen LogP) is 2.31. The van der Waals surface area contributed by atoms with Crippen LogP contribution in [-0.2, 0) is 9.53 Å². The summed E-state index contributed by atoms with van der Waals surface area (Å²) in [5, 5.41) is 5.96. The fourth-order valence-electron chi connectivity index (χ4n) is 3.64. The van der Waals surface area contributed by atoms with Crippen molar-refractivity contribution in [3.63, 3.8) is 0 Å². The van der Waals surface area contributed by atoms with E-state index < -0.39 is 6.04 Å². The number of amides is 2. The highest BCUT2D eigenvalue weighted by Crippen LogP contribution is 2.14. The van der Waals surface area contributed by atoms with Crippen LogP contribution in [0.4, 0.5) is 0 Å². The first-order valence-electron chi connectivity index (χ1n) is 11.0. The predicted molar refractivity (Wildman–Crippen MR) is 118 cm³/mol. The maximum Gasteiger partial charge on any atom is 0.251 e. The Labute approximate surface area is 180 Å². The average Bonchev–Trinajstić information content (AvgIpc) is 2.73. The second-order valence-electron chi connectivity index (χ2n) is 8.36. The third-order valence-electron chi connectivity index (χ3n) is 5.43. The summed E-state index contributed by atoms with van der Waals surface area (Å²) in [6.07, 6.45) is 0. The van der Waals surface area contributed by atoms with Gasteiger partial charge in [-0.1, -0.05) is 27.7 Å². The highest BCUT2D eigenvalue weighted by molar-refractivity contribution is 5.97. The Balaban J connectivity index is 1.96. The van der Waals surface area contributed by atoms with E-state index >= 15 is 0 Å². The lowest BCUT2D eigenvalue weighted by atomic mass is 10.00. The number of hydrogen-bond acceptors (Lipinski definition) is 5. The third kappa shape index (κ3) is 6.99. The van der Waals surface area contributed by atoms with Crippen LogP contribution in [0.5, 0.6) is 5.75 Å². The van der Waals surface area contributed by atoms with Crippen molar-refractivity contribution in [2.75, 3.05) is 39.5 Å². The lowest BCUT2D eigenvalue weighted by molar-refractivity contribution is -0.124. The van der Waals surface area contributed by atoms with E-state index in [1.807, 2.05) is 20.8 Å². The van der Waals surface area contributed by atoms with Crippen molar-refractivity contribution in [1.29, 1.82) is 0 Å². The molecule has 30 heavy (non-hydrogen) atoms. The Hall–Kier alpha value is -2.12. The number of rotatable bonds is 10. The quantitative estimate of drug-likeness (QED) is 0.608. The molecule has 2 atom stereocenters. The number of nitrogens with zero attached hydrogens (tertiary/aromatic N) is 1. The van der Waals surface area contributed by atoms with Crippen molar-refractivity contribution in [3.8, 4) is 5.75 Å². The van der Waals surface area contributed by atoms with E-state index in [9.17, 15) is 9.59 Å². The van der Waals surface area contributed by atoms with Crippen LogP contribution in [0.15, 0.2) is 24.3 Å². The summed E-state index contributed by atoms with van der Waals surface area (Å²) >= 11 is 0. The van der Waals surface area contributed by atoms with Gasteiger partial charge in [0.05, 0.1) is 19.8 Å². The van der Waals surface area contributed by atoms with Crippen LogP contribution < -0.4 is 15.4 Å². The van der Waals surface area contributed by atoms with Gasteiger partial charge in [-0.2, -0.15) is 0 Å². The number of carbonyl (C=O) groups is 2. The summed E-state index contributed by atoms with van der Waals surface area (Å²) in [6, 6.07) is 6.59. The van der Waals surface area contributed by atoms with E-state index in [4.69, 9.17) is 9.47 Å². The van der Waals surface area contributed by atoms with Gasteiger partial charge < -0.3 is 20.1 Å². The summed E-state index contributed by atoms with van der Waals surface area (Å²) in [5.74, 6) is 0.676. The number of ether oxygens (including phenoxy) is 2. The number of benzene rings is 1. The first kappa shape index (κ1) is 24.2. The normalized spacial score (nSPS) is 16.9. The molecule has 2 N–H and O–H groups in total. The van der Waals surface area contributed by atoms with Gasteiger partial charge in [0.25, 0.3) is 5.91 Å². The Morgan fingerprint density at radius 2 is 1.70 bits per heavy atom. The van der Waals surface area contributed by atoms with Crippen molar-refractivity contribution in [3.05, 3.63) is 29.8 Å². The minimum absolute atomic E-state index is 0.0301. The number of nitrogens with one attached hydrogen (secondary N) is 2. The van der Waals surface area contributed by atoms with Gasteiger partial charge in [-0.3, -0.25) is 14.5 Å². The molecule has 1 heterocycles. The fraction of sp³-hybridized carbons (Fsp3) is 0.652. The number of carbonyl (C=O) groups excluding carboxylic acids is 2. The molecule has 1 aromatic carbocycles. The molecular weight excluding hydrogens is 382 g/mol. The van der Waals surface area contributed by atoms with Gasteiger partial charge in [0.2, 0.25) is 5.91 Å². The molecule has 1 saturated heterocycles. The highest BCUT2D eigenvalue weighted by atomic mass is 16.5. The Morgan fingerprint density at radius 3 is 2.23 bits per heavy atom. The van der Waals surface area contributed by atoms with E-state index in [1.165, 1.54) is 0 Å². The van der Waals surface area contributed by atoms with E-state index in [1.54, 1.807) is 24.3 Å². The summed E-state index contributed by atoms with van der Waals surface area (Å²) in [6.45, 7) is 14.4. The van der Waals surface area contributed by atoms with Crippen molar-refractivity contribution >= 4 is 11.8 Å². The molecule has 1 aliphatic heterocycles. The van der Waals surface area contributed by atoms with Crippen LogP contribution >= 0.6 is 0 Å². The Morgan fingerprint density at radius 1 is 1.07 bits per heavy atom. The van der Waals surface area contributed by atoms with Gasteiger partial charge in [-0.25, -0.2) is 0 Å². The standard InChI is InChI=1S/C23H37N3O4/c1-6-30-19-9-7-18(8-10-19)22(27)25-21(17(4)5)23(28)24-15-20(16(2)3)26-11-13-29-14-12-26/h7-10,16-17,20-21H,6,11-15H2,1-5H3,(H,24,28)(H,25,27)/t20-,21+/m0/s1. The zero-order valence-corrected chi connectivity index (χ0v) is 18.9. The molecule has 1 fully saturated rings. The van der Waals surface area contributed by atoms with E-state index in [0.717, 1.165) is 32.1 Å². The van der Waals surface area contributed by atoms with E-state index in [2.05, 4.69) is 29.4 Å². The topological polar surface area (TPSA) is 79.9 Å². The van der Waals surface area contributed by atoms with Crippen LogP contribution in [0.1, 0.15) is 45.0 Å². The molecular formula is C23H37N3O4. The van der Waals surface area contributed by atoms with Crippen molar-refractivity contribution in [2.24, 2.45) is 11.8 Å². The molecule has 1 aliphatic rings. The molecule has 0 radical (unpaired) electrons. The molecule has 0 unspecified atom stereocenters. The van der Waals surface area contributed by atoms with Crippen LogP contribution in [0.3, 0.4) is 0 Å². The van der Waals surface area contributed by atoms with Crippen LogP contribution in [-0.4, -0.2) is 68.3 Å². The van der Waals surface area contributed by atoms with Gasteiger partial charge >= 0.3 is 0 Å². The molecule has 7 heteroatoms. The molecule has 0 bridgehead atoms. The second kappa shape index (κ2) is 11.9. The number of hydrogen-bond donors (Lipinski definition) is 2. The molecule has 0 aliphatic carbocycles. The van der Waals surface area contributed by atoms with Gasteiger partial charge in [-0.05, 0) is 43.0 Å². The van der Waals surface area contributed by atoms with Crippen LogP contribution in [0.2, 0.25) is 0 Å². The first-order valence-corrected chi connectivity index (χ1v) is 11.0. The number of morpholine rings is 1. The average molecular weight is 420 g/mol. The molecule has 2 rings (SSSR count). The van der Waals surface area contributed by atoms with Crippen molar-refractivity contribution in [1.82, 2.24) is 15.5 Å². The van der Waals surface area contributed by atoms with E-state index in [0.29, 0.717) is 24.6 Å².